The quantitative estimate of drug-likeness (QED) is 0.592. The molecule has 2 heterocycles. The topological polar surface area (TPSA) is 41.6 Å². The van der Waals surface area contributed by atoms with E-state index in [0.717, 1.165) is 35.4 Å². The van der Waals surface area contributed by atoms with Crippen LogP contribution in [-0.2, 0) is 4.79 Å². The molecule has 1 amide bonds. The fraction of sp³-hybridized carbons (Fsp3) is 0.375. The van der Waals surface area contributed by atoms with Crippen LogP contribution in [0.15, 0.2) is 27.6 Å². The predicted molar refractivity (Wildman–Crippen MR) is 102 cm³/mol. The highest BCUT2D eigenvalue weighted by molar-refractivity contribution is 9.10. The van der Waals surface area contributed by atoms with Gasteiger partial charge in [-0.05, 0) is 50.2 Å². The van der Waals surface area contributed by atoms with Gasteiger partial charge in [0, 0.05) is 16.6 Å². The first kappa shape index (κ1) is 17.0. The summed E-state index contributed by atoms with van der Waals surface area (Å²) in [7, 11) is 0. The maximum atomic E-state index is 11.8. The number of hydrogen-bond acceptors (Lipinski definition) is 5. The molecule has 0 bridgehead atoms. The van der Waals surface area contributed by atoms with Gasteiger partial charge in [-0.1, -0.05) is 39.9 Å². The third kappa shape index (κ3) is 4.56. The summed E-state index contributed by atoms with van der Waals surface area (Å²) < 4.78 is 7.39. The van der Waals surface area contributed by atoms with Crippen molar-refractivity contribution in [3.05, 3.63) is 33.1 Å². The molecule has 122 valence electrons. The van der Waals surface area contributed by atoms with Gasteiger partial charge in [0.2, 0.25) is 0 Å². The number of amides is 1. The van der Waals surface area contributed by atoms with Crippen molar-refractivity contribution in [2.24, 2.45) is 0 Å². The standard InChI is InChI=1S/C16H17BrN2O2S2/c17-12-3-4-13(21-8-7-19-5-1-2-6-19)11(9-12)10-14-15(20)18-16(22)23-14/h3-4,9-10H,1-2,5-8H2,(H,18,20,22)/b14-10+. The molecular weight excluding hydrogens is 396 g/mol. The molecular formula is C16H17BrN2O2S2. The molecule has 2 saturated heterocycles. The van der Waals surface area contributed by atoms with Crippen molar-refractivity contribution in [1.29, 1.82) is 0 Å². The van der Waals surface area contributed by atoms with Crippen molar-refractivity contribution in [2.45, 2.75) is 12.8 Å². The molecule has 0 aliphatic carbocycles. The highest BCUT2D eigenvalue weighted by atomic mass is 79.9. The molecule has 3 rings (SSSR count). The van der Waals surface area contributed by atoms with Gasteiger partial charge < -0.3 is 10.1 Å². The van der Waals surface area contributed by atoms with Crippen molar-refractivity contribution in [2.75, 3.05) is 26.2 Å². The van der Waals surface area contributed by atoms with Gasteiger partial charge >= 0.3 is 0 Å². The van der Waals surface area contributed by atoms with E-state index in [1.807, 2.05) is 24.3 Å². The second-order valence-electron chi connectivity index (χ2n) is 5.43. The lowest BCUT2D eigenvalue weighted by Gasteiger charge is -2.16. The predicted octanol–water partition coefficient (Wildman–Crippen LogP) is 3.41. The highest BCUT2D eigenvalue weighted by Gasteiger charge is 2.22. The molecule has 23 heavy (non-hydrogen) atoms. The van der Waals surface area contributed by atoms with Gasteiger partial charge in [0.05, 0.1) is 4.91 Å². The molecule has 0 unspecified atom stereocenters. The second-order valence-corrected chi connectivity index (χ2v) is 8.07. The van der Waals surface area contributed by atoms with E-state index in [4.69, 9.17) is 17.0 Å². The van der Waals surface area contributed by atoms with E-state index in [9.17, 15) is 4.79 Å². The van der Waals surface area contributed by atoms with Gasteiger partial charge in [0.1, 0.15) is 16.7 Å². The number of nitrogens with one attached hydrogen (secondary N) is 1. The number of benzene rings is 1. The number of carbonyl (C=O) groups is 1. The first-order chi connectivity index (χ1) is 11.1. The Balaban J connectivity index is 1.71. The smallest absolute Gasteiger partial charge is 0.263 e. The summed E-state index contributed by atoms with van der Waals surface area (Å²) >= 11 is 9.77. The Kier molecular flexibility index (Phi) is 5.74. The Bertz CT molecular complexity index is 657. The lowest BCUT2D eigenvalue weighted by atomic mass is 10.2. The van der Waals surface area contributed by atoms with E-state index in [2.05, 4.69) is 26.1 Å². The SMILES string of the molecule is O=C1NC(=S)S/C1=C/c1cc(Br)ccc1OCCN1CCCC1. The second kappa shape index (κ2) is 7.79. The van der Waals surface area contributed by atoms with E-state index in [0.29, 0.717) is 15.8 Å². The minimum atomic E-state index is -0.150. The first-order valence-electron chi connectivity index (χ1n) is 7.51. The van der Waals surface area contributed by atoms with Crippen molar-refractivity contribution < 1.29 is 9.53 Å². The largest absolute Gasteiger partial charge is 0.492 e. The average molecular weight is 413 g/mol. The van der Waals surface area contributed by atoms with Crippen LogP contribution in [0.2, 0.25) is 0 Å². The van der Waals surface area contributed by atoms with Gasteiger partial charge in [0.25, 0.3) is 5.91 Å². The van der Waals surface area contributed by atoms with Gasteiger partial charge in [-0.15, -0.1) is 0 Å². The number of carbonyl (C=O) groups excluding carboxylic acids is 1. The van der Waals surface area contributed by atoms with Crippen molar-refractivity contribution in [3.63, 3.8) is 0 Å². The van der Waals surface area contributed by atoms with Crippen LogP contribution in [-0.4, -0.2) is 41.4 Å². The highest BCUT2D eigenvalue weighted by Crippen LogP contribution is 2.31. The molecule has 1 aromatic carbocycles. The molecule has 0 spiro atoms. The monoisotopic (exact) mass is 412 g/mol. The molecule has 2 aliphatic rings. The minimum Gasteiger partial charge on any atom is -0.492 e. The fourth-order valence-electron chi connectivity index (χ4n) is 2.62. The number of thiocarbonyl (C=S) groups is 1. The van der Waals surface area contributed by atoms with Crippen LogP contribution in [0.25, 0.3) is 6.08 Å². The Morgan fingerprint density at radius 3 is 2.87 bits per heavy atom. The Labute approximate surface area is 153 Å². The van der Waals surface area contributed by atoms with Crippen molar-refractivity contribution >= 4 is 56.2 Å². The average Bonchev–Trinajstić information content (AvgIpc) is 3.12. The lowest BCUT2D eigenvalue weighted by molar-refractivity contribution is -0.115. The molecule has 0 atom stereocenters. The summed E-state index contributed by atoms with van der Waals surface area (Å²) in [6, 6.07) is 5.82. The third-order valence-corrected chi connectivity index (χ3v) is 5.42. The number of thioether (sulfide) groups is 1. The van der Waals surface area contributed by atoms with Crippen LogP contribution in [0.1, 0.15) is 18.4 Å². The number of rotatable bonds is 5. The summed E-state index contributed by atoms with van der Waals surface area (Å²) in [5.41, 5.74) is 0.878. The summed E-state index contributed by atoms with van der Waals surface area (Å²) in [5, 5.41) is 2.63. The minimum absolute atomic E-state index is 0.150. The molecule has 0 aromatic heterocycles. The zero-order valence-electron chi connectivity index (χ0n) is 12.5. The third-order valence-electron chi connectivity index (χ3n) is 3.76. The molecule has 1 N–H and O–H groups in total. The van der Waals surface area contributed by atoms with E-state index < -0.39 is 0 Å². The summed E-state index contributed by atoms with van der Waals surface area (Å²) in [5.74, 6) is 0.633. The van der Waals surface area contributed by atoms with Gasteiger partial charge in [0.15, 0.2) is 0 Å². The Morgan fingerprint density at radius 2 is 2.17 bits per heavy atom. The van der Waals surface area contributed by atoms with Crippen LogP contribution in [0.4, 0.5) is 0 Å². The van der Waals surface area contributed by atoms with E-state index >= 15 is 0 Å². The maximum absolute atomic E-state index is 11.8. The van der Waals surface area contributed by atoms with Gasteiger partial charge in [-0.25, -0.2) is 0 Å². The van der Waals surface area contributed by atoms with Crippen LogP contribution in [0.3, 0.4) is 0 Å². The number of halogens is 1. The first-order valence-corrected chi connectivity index (χ1v) is 9.53. The summed E-state index contributed by atoms with van der Waals surface area (Å²) in [4.78, 5) is 14.8. The normalized spacial score (nSPS) is 20.3. The van der Waals surface area contributed by atoms with Crippen LogP contribution in [0.5, 0.6) is 5.75 Å². The van der Waals surface area contributed by atoms with Crippen LogP contribution < -0.4 is 10.1 Å². The molecule has 0 saturated carbocycles. The molecule has 2 fully saturated rings. The lowest BCUT2D eigenvalue weighted by Crippen LogP contribution is -2.25. The fourth-order valence-corrected chi connectivity index (χ4v) is 4.03. The number of nitrogens with zero attached hydrogens (tertiary/aromatic N) is 1. The molecule has 2 aliphatic heterocycles. The van der Waals surface area contributed by atoms with E-state index in [1.54, 1.807) is 0 Å². The number of likely N-dealkylation sites (tertiary alicyclic amines) is 1. The molecule has 7 heteroatoms. The van der Waals surface area contributed by atoms with Crippen molar-refractivity contribution in [3.8, 4) is 5.75 Å². The number of ether oxygens (including phenoxy) is 1. The van der Waals surface area contributed by atoms with E-state index in [-0.39, 0.29) is 5.91 Å². The van der Waals surface area contributed by atoms with Gasteiger partial charge in [-0.3, -0.25) is 9.69 Å². The summed E-state index contributed by atoms with van der Waals surface area (Å²) in [6.07, 6.45) is 4.39. The number of hydrogen-bond donors (Lipinski definition) is 1. The maximum Gasteiger partial charge on any atom is 0.263 e. The van der Waals surface area contributed by atoms with Crippen LogP contribution >= 0.6 is 39.9 Å². The van der Waals surface area contributed by atoms with E-state index in [1.165, 1.54) is 24.6 Å². The zero-order chi connectivity index (χ0) is 16.2. The van der Waals surface area contributed by atoms with Crippen LogP contribution in [0, 0.1) is 0 Å². The Hall–Kier alpha value is -0.890. The van der Waals surface area contributed by atoms with Crippen molar-refractivity contribution in [1.82, 2.24) is 10.2 Å². The molecule has 4 nitrogen and oxygen atoms in total. The molecule has 0 radical (unpaired) electrons. The molecule has 1 aromatic rings. The summed E-state index contributed by atoms with van der Waals surface area (Å²) in [6.45, 7) is 3.91. The zero-order valence-corrected chi connectivity index (χ0v) is 15.7. The Morgan fingerprint density at radius 1 is 1.39 bits per heavy atom. The van der Waals surface area contributed by atoms with Gasteiger partial charge in [-0.2, -0.15) is 0 Å².